The summed E-state index contributed by atoms with van der Waals surface area (Å²) in [5, 5.41) is 4.23. The van der Waals surface area contributed by atoms with Crippen LogP contribution in [0.5, 0.6) is 0 Å². The Hall–Kier alpha value is -2.63. The predicted molar refractivity (Wildman–Crippen MR) is 86.6 cm³/mol. The predicted octanol–water partition coefficient (Wildman–Crippen LogP) is 2.95. The zero-order valence-electron chi connectivity index (χ0n) is 13.3. The van der Waals surface area contributed by atoms with E-state index in [1.807, 2.05) is 19.1 Å². The Labute approximate surface area is 134 Å². The highest BCUT2D eigenvalue weighted by Gasteiger charge is 2.22. The number of anilines is 1. The van der Waals surface area contributed by atoms with Gasteiger partial charge >= 0.3 is 5.97 Å². The molecule has 0 aliphatic rings. The molecule has 122 valence electrons. The van der Waals surface area contributed by atoms with Gasteiger partial charge in [0.2, 0.25) is 0 Å². The third-order valence-corrected chi connectivity index (χ3v) is 3.40. The fraction of sp³-hybridized carbons (Fsp3) is 0.294. The van der Waals surface area contributed by atoms with Crippen LogP contribution in [0.3, 0.4) is 0 Å². The van der Waals surface area contributed by atoms with Gasteiger partial charge in [0.25, 0.3) is 0 Å². The molecule has 5 nitrogen and oxygen atoms in total. The van der Waals surface area contributed by atoms with Crippen molar-refractivity contribution in [3.05, 3.63) is 59.1 Å². The molecule has 2 aromatic rings. The number of hydrogen-bond donors (Lipinski definition) is 1. The molecule has 0 saturated heterocycles. The zero-order valence-corrected chi connectivity index (χ0v) is 13.3. The van der Waals surface area contributed by atoms with Gasteiger partial charge in [0.05, 0.1) is 13.2 Å². The van der Waals surface area contributed by atoms with Crippen LogP contribution in [0, 0.1) is 5.82 Å². The van der Waals surface area contributed by atoms with Gasteiger partial charge in [-0.05, 0) is 26.3 Å². The lowest BCUT2D eigenvalue weighted by atomic mass is 10.1. The summed E-state index contributed by atoms with van der Waals surface area (Å²) in [6.07, 6.45) is 4.21. The molecule has 1 heterocycles. The fourth-order valence-electron chi connectivity index (χ4n) is 2.22. The van der Waals surface area contributed by atoms with Crippen LogP contribution < -0.4 is 5.73 Å². The standard InChI is InChI=1S/C17H20FN3O2/c1-3-5-9-13-15(17(22)23-4-2)20-21(16(13)19)11-12-8-6-7-10-14(12)18/h3,5-8,10H,4,9,11,19H2,1-2H3/b5-3-. The van der Waals surface area contributed by atoms with Crippen LogP contribution in [0.4, 0.5) is 10.2 Å². The average Bonchev–Trinajstić information content (AvgIpc) is 2.84. The van der Waals surface area contributed by atoms with Crippen LogP contribution in [0.25, 0.3) is 0 Å². The van der Waals surface area contributed by atoms with E-state index in [1.54, 1.807) is 25.1 Å². The van der Waals surface area contributed by atoms with Crippen molar-refractivity contribution in [1.82, 2.24) is 9.78 Å². The molecule has 0 spiro atoms. The molecule has 0 amide bonds. The van der Waals surface area contributed by atoms with Crippen molar-refractivity contribution < 1.29 is 13.9 Å². The quantitative estimate of drug-likeness (QED) is 0.657. The van der Waals surface area contributed by atoms with E-state index in [1.165, 1.54) is 10.7 Å². The number of carbonyl (C=O) groups is 1. The van der Waals surface area contributed by atoms with Crippen LogP contribution in [0.1, 0.15) is 35.5 Å². The van der Waals surface area contributed by atoms with Crippen molar-refractivity contribution in [3.8, 4) is 0 Å². The summed E-state index contributed by atoms with van der Waals surface area (Å²) < 4.78 is 20.3. The van der Waals surface area contributed by atoms with Gasteiger partial charge in [-0.3, -0.25) is 0 Å². The molecular weight excluding hydrogens is 297 g/mol. The number of allylic oxidation sites excluding steroid dienone is 2. The Bertz CT molecular complexity index is 723. The summed E-state index contributed by atoms with van der Waals surface area (Å²) in [7, 11) is 0. The maximum atomic E-state index is 13.8. The average molecular weight is 317 g/mol. The number of halogens is 1. The highest BCUT2D eigenvalue weighted by molar-refractivity contribution is 5.90. The highest BCUT2D eigenvalue weighted by atomic mass is 19.1. The van der Waals surface area contributed by atoms with Crippen LogP contribution in [0.2, 0.25) is 0 Å². The van der Waals surface area contributed by atoms with E-state index in [2.05, 4.69) is 5.10 Å². The molecule has 1 aromatic carbocycles. The summed E-state index contributed by atoms with van der Waals surface area (Å²) in [5.41, 5.74) is 7.34. The number of nitrogens with zero attached hydrogens (tertiary/aromatic N) is 2. The van der Waals surface area contributed by atoms with Gasteiger partial charge in [-0.15, -0.1) is 0 Å². The molecule has 0 saturated carbocycles. The van der Waals surface area contributed by atoms with Crippen molar-refractivity contribution in [2.24, 2.45) is 0 Å². The molecule has 6 heteroatoms. The Morgan fingerprint density at radius 1 is 1.43 bits per heavy atom. The lowest BCUT2D eigenvalue weighted by Crippen LogP contribution is -2.10. The number of esters is 1. The Morgan fingerprint density at radius 3 is 2.83 bits per heavy atom. The monoisotopic (exact) mass is 317 g/mol. The molecule has 0 fully saturated rings. The zero-order chi connectivity index (χ0) is 16.8. The van der Waals surface area contributed by atoms with E-state index in [4.69, 9.17) is 10.5 Å². The minimum Gasteiger partial charge on any atom is -0.461 e. The molecule has 1 aromatic heterocycles. The summed E-state index contributed by atoms with van der Waals surface area (Å²) in [5.74, 6) is -0.518. The molecule has 2 rings (SSSR count). The molecule has 0 aliphatic carbocycles. The Morgan fingerprint density at radius 2 is 2.17 bits per heavy atom. The minimum absolute atomic E-state index is 0.154. The summed E-state index contributed by atoms with van der Waals surface area (Å²) in [6.45, 7) is 4.01. The number of hydrogen-bond acceptors (Lipinski definition) is 4. The van der Waals surface area contributed by atoms with Crippen LogP contribution >= 0.6 is 0 Å². The largest absolute Gasteiger partial charge is 0.461 e. The molecular formula is C17H20FN3O2. The van der Waals surface area contributed by atoms with E-state index in [-0.39, 0.29) is 24.7 Å². The van der Waals surface area contributed by atoms with E-state index in [0.717, 1.165) is 0 Å². The van der Waals surface area contributed by atoms with Crippen molar-refractivity contribution in [2.45, 2.75) is 26.8 Å². The van der Waals surface area contributed by atoms with Gasteiger partial charge in [-0.1, -0.05) is 30.4 Å². The second-order valence-corrected chi connectivity index (χ2v) is 4.96. The normalized spacial score (nSPS) is 11.1. The first-order valence-electron chi connectivity index (χ1n) is 7.45. The molecule has 0 bridgehead atoms. The smallest absolute Gasteiger partial charge is 0.359 e. The lowest BCUT2D eigenvalue weighted by molar-refractivity contribution is 0.0517. The fourth-order valence-corrected chi connectivity index (χ4v) is 2.22. The molecule has 2 N–H and O–H groups in total. The van der Waals surface area contributed by atoms with Crippen LogP contribution in [0.15, 0.2) is 36.4 Å². The van der Waals surface area contributed by atoms with E-state index in [0.29, 0.717) is 23.4 Å². The van der Waals surface area contributed by atoms with Crippen molar-refractivity contribution >= 4 is 11.8 Å². The third kappa shape index (κ3) is 3.77. The maximum Gasteiger partial charge on any atom is 0.359 e. The second-order valence-electron chi connectivity index (χ2n) is 4.96. The number of ether oxygens (including phenoxy) is 1. The summed E-state index contributed by atoms with van der Waals surface area (Å²) in [4.78, 5) is 12.1. The number of carbonyl (C=O) groups excluding carboxylic acids is 1. The van der Waals surface area contributed by atoms with E-state index in [9.17, 15) is 9.18 Å². The van der Waals surface area contributed by atoms with E-state index >= 15 is 0 Å². The molecule has 0 aliphatic heterocycles. The van der Waals surface area contributed by atoms with Crippen molar-refractivity contribution in [3.63, 3.8) is 0 Å². The van der Waals surface area contributed by atoms with Gasteiger partial charge in [0, 0.05) is 11.1 Å². The van der Waals surface area contributed by atoms with Crippen molar-refractivity contribution in [2.75, 3.05) is 12.3 Å². The first kappa shape index (κ1) is 16.7. The number of nitrogen functional groups attached to an aromatic ring is 1. The number of aromatic nitrogens is 2. The third-order valence-electron chi connectivity index (χ3n) is 3.40. The van der Waals surface area contributed by atoms with E-state index < -0.39 is 5.97 Å². The summed E-state index contributed by atoms with van der Waals surface area (Å²) >= 11 is 0. The van der Waals surface area contributed by atoms with Gasteiger partial charge in [-0.25, -0.2) is 13.9 Å². The first-order valence-corrected chi connectivity index (χ1v) is 7.45. The maximum absolute atomic E-state index is 13.8. The molecule has 0 radical (unpaired) electrons. The Kier molecular flexibility index (Phi) is 5.51. The summed E-state index contributed by atoms with van der Waals surface area (Å²) in [6, 6.07) is 6.39. The van der Waals surface area contributed by atoms with Crippen molar-refractivity contribution in [1.29, 1.82) is 0 Å². The van der Waals surface area contributed by atoms with Gasteiger partial charge in [-0.2, -0.15) is 5.10 Å². The Balaban J connectivity index is 2.40. The highest BCUT2D eigenvalue weighted by Crippen LogP contribution is 2.21. The minimum atomic E-state index is -0.522. The molecule has 0 unspecified atom stereocenters. The molecule has 0 atom stereocenters. The molecule has 23 heavy (non-hydrogen) atoms. The second kappa shape index (κ2) is 7.58. The number of benzene rings is 1. The number of rotatable bonds is 6. The topological polar surface area (TPSA) is 70.1 Å². The van der Waals surface area contributed by atoms with Crippen LogP contribution in [-0.4, -0.2) is 22.4 Å². The lowest BCUT2D eigenvalue weighted by Gasteiger charge is -2.05. The SMILES string of the molecule is C/C=C\Cc1c(C(=O)OCC)nn(Cc2ccccc2F)c1N. The number of nitrogens with two attached hydrogens (primary N) is 1. The van der Waals surface area contributed by atoms with Crippen LogP contribution in [-0.2, 0) is 17.7 Å². The first-order chi connectivity index (χ1) is 11.1. The van der Waals surface area contributed by atoms with Gasteiger partial charge in [0.1, 0.15) is 11.6 Å². The van der Waals surface area contributed by atoms with Gasteiger partial charge < -0.3 is 10.5 Å². The van der Waals surface area contributed by atoms with Gasteiger partial charge in [0.15, 0.2) is 5.69 Å².